The standard InChI is InChI=1S/C11H19IO/c1-2-3-4-6-9-7-5-8-10(12)11(9)13/h9-10H,2-8H2,1H3. The molecule has 2 heteroatoms. The van der Waals surface area contributed by atoms with Gasteiger partial charge in [0.25, 0.3) is 0 Å². The van der Waals surface area contributed by atoms with Crippen molar-refractivity contribution in [3.05, 3.63) is 0 Å². The van der Waals surface area contributed by atoms with Gasteiger partial charge in [-0.2, -0.15) is 0 Å². The van der Waals surface area contributed by atoms with Crippen LogP contribution in [0.25, 0.3) is 0 Å². The molecule has 0 spiro atoms. The maximum Gasteiger partial charge on any atom is 0.148 e. The topological polar surface area (TPSA) is 17.1 Å². The number of rotatable bonds is 4. The number of Topliss-reactive ketones (excluding diaryl/α,β-unsaturated/α-hetero) is 1. The van der Waals surface area contributed by atoms with Gasteiger partial charge in [-0.05, 0) is 19.3 Å². The molecular weight excluding hydrogens is 275 g/mol. The summed E-state index contributed by atoms with van der Waals surface area (Å²) in [6, 6.07) is 0. The molecule has 2 atom stereocenters. The van der Waals surface area contributed by atoms with Crippen LogP contribution in [0.5, 0.6) is 0 Å². The maximum absolute atomic E-state index is 11.7. The van der Waals surface area contributed by atoms with Crippen LogP contribution in [-0.4, -0.2) is 9.71 Å². The Balaban J connectivity index is 2.27. The number of halogens is 1. The molecule has 0 aliphatic heterocycles. The number of hydrogen-bond donors (Lipinski definition) is 0. The quantitative estimate of drug-likeness (QED) is 0.438. The molecule has 0 N–H and O–H groups in total. The molecule has 1 fully saturated rings. The van der Waals surface area contributed by atoms with Crippen molar-refractivity contribution < 1.29 is 4.79 Å². The van der Waals surface area contributed by atoms with Crippen molar-refractivity contribution >= 4 is 28.4 Å². The van der Waals surface area contributed by atoms with Crippen molar-refractivity contribution in [2.45, 2.75) is 55.8 Å². The van der Waals surface area contributed by atoms with Crippen molar-refractivity contribution in [3.8, 4) is 0 Å². The summed E-state index contributed by atoms with van der Waals surface area (Å²) in [5.41, 5.74) is 0. The summed E-state index contributed by atoms with van der Waals surface area (Å²) >= 11 is 2.31. The van der Waals surface area contributed by atoms with Crippen LogP contribution in [0.1, 0.15) is 51.9 Å². The lowest BCUT2D eigenvalue weighted by Crippen LogP contribution is -2.28. The van der Waals surface area contributed by atoms with Gasteiger partial charge in [0.15, 0.2) is 0 Å². The highest BCUT2D eigenvalue weighted by atomic mass is 127. The fourth-order valence-corrected chi connectivity index (χ4v) is 2.96. The molecule has 0 amide bonds. The Kier molecular flexibility index (Phi) is 5.29. The van der Waals surface area contributed by atoms with Crippen molar-refractivity contribution in [2.24, 2.45) is 5.92 Å². The van der Waals surface area contributed by atoms with E-state index in [1.165, 1.54) is 25.7 Å². The maximum atomic E-state index is 11.7. The van der Waals surface area contributed by atoms with E-state index in [9.17, 15) is 4.79 Å². The molecule has 1 saturated carbocycles. The van der Waals surface area contributed by atoms with Gasteiger partial charge in [-0.1, -0.05) is 55.2 Å². The van der Waals surface area contributed by atoms with Crippen LogP contribution in [0.15, 0.2) is 0 Å². The van der Waals surface area contributed by atoms with Crippen LogP contribution in [-0.2, 0) is 4.79 Å². The van der Waals surface area contributed by atoms with Crippen molar-refractivity contribution in [1.29, 1.82) is 0 Å². The average molecular weight is 294 g/mol. The van der Waals surface area contributed by atoms with Gasteiger partial charge in [0.2, 0.25) is 0 Å². The molecule has 76 valence electrons. The largest absolute Gasteiger partial charge is 0.298 e. The Labute approximate surface area is 94.8 Å². The van der Waals surface area contributed by atoms with Crippen molar-refractivity contribution in [2.75, 3.05) is 0 Å². The lowest BCUT2D eigenvalue weighted by Gasteiger charge is -2.24. The molecule has 1 aliphatic carbocycles. The fourth-order valence-electron chi connectivity index (χ4n) is 2.01. The minimum Gasteiger partial charge on any atom is -0.298 e. The Morgan fingerprint density at radius 2 is 2.15 bits per heavy atom. The molecule has 0 radical (unpaired) electrons. The molecule has 0 aromatic heterocycles. The van der Waals surface area contributed by atoms with Gasteiger partial charge in [0.05, 0.1) is 3.92 Å². The molecule has 1 nitrogen and oxygen atoms in total. The van der Waals surface area contributed by atoms with E-state index in [2.05, 4.69) is 29.5 Å². The summed E-state index contributed by atoms with van der Waals surface area (Å²) in [7, 11) is 0. The monoisotopic (exact) mass is 294 g/mol. The summed E-state index contributed by atoms with van der Waals surface area (Å²) in [5.74, 6) is 0.935. The minimum absolute atomic E-state index is 0.318. The van der Waals surface area contributed by atoms with E-state index in [0.717, 1.165) is 19.3 Å². The lowest BCUT2D eigenvalue weighted by molar-refractivity contribution is -0.123. The van der Waals surface area contributed by atoms with E-state index in [-0.39, 0.29) is 0 Å². The molecule has 0 aromatic carbocycles. The SMILES string of the molecule is CCCCCC1CCCC(I)C1=O. The molecule has 1 rings (SSSR count). The van der Waals surface area contributed by atoms with Crippen LogP contribution in [0.2, 0.25) is 0 Å². The van der Waals surface area contributed by atoms with E-state index < -0.39 is 0 Å². The number of carbonyl (C=O) groups is 1. The van der Waals surface area contributed by atoms with Gasteiger partial charge in [-0.15, -0.1) is 0 Å². The summed E-state index contributed by atoms with van der Waals surface area (Å²) < 4.78 is 0.318. The van der Waals surface area contributed by atoms with E-state index in [4.69, 9.17) is 0 Å². The molecule has 1 aliphatic rings. The van der Waals surface area contributed by atoms with E-state index in [1.54, 1.807) is 0 Å². The molecule has 0 saturated heterocycles. The Hall–Kier alpha value is 0.400. The molecular formula is C11H19IO. The third-order valence-electron chi connectivity index (χ3n) is 2.88. The Bertz CT molecular complexity index is 167. The van der Waals surface area contributed by atoms with Gasteiger partial charge in [0, 0.05) is 5.92 Å². The van der Waals surface area contributed by atoms with Gasteiger partial charge >= 0.3 is 0 Å². The van der Waals surface area contributed by atoms with Crippen molar-refractivity contribution in [3.63, 3.8) is 0 Å². The highest BCUT2D eigenvalue weighted by Crippen LogP contribution is 2.29. The predicted octanol–water partition coefficient (Wildman–Crippen LogP) is 3.74. The lowest BCUT2D eigenvalue weighted by atomic mass is 9.84. The Morgan fingerprint density at radius 3 is 2.85 bits per heavy atom. The van der Waals surface area contributed by atoms with E-state index >= 15 is 0 Å². The number of carbonyl (C=O) groups excluding carboxylic acids is 1. The fraction of sp³-hybridized carbons (Fsp3) is 0.909. The third kappa shape index (κ3) is 3.56. The van der Waals surface area contributed by atoms with Crippen LogP contribution in [0.4, 0.5) is 0 Å². The second-order valence-electron chi connectivity index (χ2n) is 3.99. The van der Waals surface area contributed by atoms with Gasteiger partial charge in [-0.25, -0.2) is 0 Å². The zero-order valence-corrected chi connectivity index (χ0v) is 10.5. The molecule has 2 unspecified atom stereocenters. The molecule has 0 heterocycles. The van der Waals surface area contributed by atoms with Gasteiger partial charge in [-0.3, -0.25) is 4.79 Å². The van der Waals surface area contributed by atoms with E-state index in [1.807, 2.05) is 0 Å². The van der Waals surface area contributed by atoms with E-state index in [0.29, 0.717) is 15.6 Å². The van der Waals surface area contributed by atoms with Crippen molar-refractivity contribution in [1.82, 2.24) is 0 Å². The van der Waals surface area contributed by atoms with Crippen LogP contribution in [0, 0.1) is 5.92 Å². The normalized spacial score (nSPS) is 29.2. The van der Waals surface area contributed by atoms with Gasteiger partial charge in [0.1, 0.15) is 5.78 Å². The minimum atomic E-state index is 0.318. The first-order valence-electron chi connectivity index (χ1n) is 5.43. The zero-order chi connectivity index (χ0) is 9.68. The first-order valence-corrected chi connectivity index (χ1v) is 6.68. The number of hydrogen-bond acceptors (Lipinski definition) is 1. The number of unbranched alkanes of at least 4 members (excludes halogenated alkanes) is 2. The van der Waals surface area contributed by atoms with Crippen LogP contribution < -0.4 is 0 Å². The zero-order valence-electron chi connectivity index (χ0n) is 8.39. The highest BCUT2D eigenvalue weighted by Gasteiger charge is 2.28. The first-order chi connectivity index (χ1) is 6.25. The molecule has 0 aromatic rings. The Morgan fingerprint density at radius 1 is 1.38 bits per heavy atom. The summed E-state index contributed by atoms with van der Waals surface area (Å²) in [5, 5.41) is 0. The first kappa shape index (κ1) is 11.5. The average Bonchev–Trinajstić information content (AvgIpc) is 2.13. The van der Waals surface area contributed by atoms with Crippen LogP contribution >= 0.6 is 22.6 Å². The number of alkyl halides is 1. The third-order valence-corrected chi connectivity index (χ3v) is 4.11. The summed E-state index contributed by atoms with van der Waals surface area (Å²) in [4.78, 5) is 11.7. The van der Waals surface area contributed by atoms with Gasteiger partial charge < -0.3 is 0 Å². The second kappa shape index (κ2) is 5.99. The highest BCUT2D eigenvalue weighted by molar-refractivity contribution is 14.1. The molecule has 13 heavy (non-hydrogen) atoms. The smallest absolute Gasteiger partial charge is 0.148 e. The predicted molar refractivity (Wildman–Crippen MR) is 64.3 cm³/mol. The summed E-state index contributed by atoms with van der Waals surface area (Å²) in [6.45, 7) is 2.21. The number of ketones is 1. The summed E-state index contributed by atoms with van der Waals surface area (Å²) in [6.07, 6.45) is 8.47. The second-order valence-corrected chi connectivity index (χ2v) is 5.50. The molecule has 0 bridgehead atoms. The van der Waals surface area contributed by atoms with Crippen LogP contribution in [0.3, 0.4) is 0 Å².